The van der Waals surface area contributed by atoms with Crippen molar-refractivity contribution in [3.05, 3.63) is 59.7 Å². The quantitative estimate of drug-likeness (QED) is 0.733. The summed E-state index contributed by atoms with van der Waals surface area (Å²) in [5, 5.41) is 16.1. The van der Waals surface area contributed by atoms with Crippen LogP contribution in [-0.2, 0) is 21.6 Å². The van der Waals surface area contributed by atoms with E-state index in [9.17, 15) is 14.7 Å². The number of ether oxygens (including phenoxy) is 1. The third-order valence-corrected chi connectivity index (χ3v) is 4.56. The molecule has 0 saturated heterocycles. The van der Waals surface area contributed by atoms with E-state index in [1.165, 1.54) is 0 Å². The normalized spacial score (nSPS) is 18.4. The minimum atomic E-state index is -1.26. The van der Waals surface area contributed by atoms with Crippen LogP contribution in [0.5, 0.6) is 5.75 Å². The first kappa shape index (κ1) is 17.9. The lowest BCUT2D eigenvalue weighted by Crippen LogP contribution is -2.46. The minimum Gasteiger partial charge on any atom is -0.493 e. The van der Waals surface area contributed by atoms with Gasteiger partial charge in [-0.2, -0.15) is 0 Å². The fourth-order valence-corrected chi connectivity index (χ4v) is 3.06. The van der Waals surface area contributed by atoms with Gasteiger partial charge in [-0.15, -0.1) is 0 Å². The Morgan fingerprint density at radius 2 is 1.85 bits per heavy atom. The van der Waals surface area contributed by atoms with E-state index in [2.05, 4.69) is 10.6 Å². The van der Waals surface area contributed by atoms with Gasteiger partial charge < -0.3 is 20.5 Å². The molecule has 26 heavy (non-hydrogen) atoms. The minimum absolute atomic E-state index is 0.0605. The Balaban J connectivity index is 1.65. The second-order valence-corrected chi connectivity index (χ2v) is 6.27. The van der Waals surface area contributed by atoms with E-state index in [1.54, 1.807) is 30.3 Å². The molecule has 3 N–H and O–H groups in total. The highest BCUT2D eigenvalue weighted by atomic mass is 16.5. The highest BCUT2D eigenvalue weighted by molar-refractivity contribution is 6.39. The summed E-state index contributed by atoms with van der Waals surface area (Å²) in [5.41, 5.74) is 0.922. The molecule has 6 nitrogen and oxygen atoms in total. The van der Waals surface area contributed by atoms with E-state index < -0.39 is 17.4 Å². The zero-order valence-electron chi connectivity index (χ0n) is 14.6. The first-order valence-electron chi connectivity index (χ1n) is 8.65. The third kappa shape index (κ3) is 3.70. The molecule has 2 aromatic carbocycles. The summed E-state index contributed by atoms with van der Waals surface area (Å²) in [4.78, 5) is 24.4. The fraction of sp³-hybridized carbons (Fsp3) is 0.300. The van der Waals surface area contributed by atoms with E-state index in [-0.39, 0.29) is 6.54 Å². The van der Waals surface area contributed by atoms with Crippen LogP contribution in [0.25, 0.3) is 0 Å². The summed E-state index contributed by atoms with van der Waals surface area (Å²) >= 11 is 0. The molecule has 0 aromatic heterocycles. The van der Waals surface area contributed by atoms with Crippen LogP contribution in [0.3, 0.4) is 0 Å². The maximum atomic E-state index is 12.2. The Kier molecular flexibility index (Phi) is 5.23. The van der Waals surface area contributed by atoms with Crippen molar-refractivity contribution in [2.45, 2.75) is 25.4 Å². The second kappa shape index (κ2) is 7.58. The molecule has 1 aliphatic rings. The number of nitrogens with one attached hydrogen (secondary N) is 2. The third-order valence-electron chi connectivity index (χ3n) is 4.56. The molecule has 1 atom stereocenters. The molecule has 2 amide bonds. The highest BCUT2D eigenvalue weighted by Crippen LogP contribution is 2.36. The number of hydrogen-bond donors (Lipinski definition) is 3. The number of benzene rings is 2. The van der Waals surface area contributed by atoms with Crippen LogP contribution < -0.4 is 15.4 Å². The zero-order chi connectivity index (χ0) is 18.6. The molecule has 0 radical (unpaired) electrons. The Morgan fingerprint density at radius 1 is 1.12 bits per heavy atom. The first-order chi connectivity index (χ1) is 12.5. The van der Waals surface area contributed by atoms with Gasteiger partial charge in [0, 0.05) is 17.7 Å². The van der Waals surface area contributed by atoms with Crippen molar-refractivity contribution < 1.29 is 19.4 Å². The number of fused-ring (bicyclic) bond motifs is 1. The van der Waals surface area contributed by atoms with E-state index >= 15 is 0 Å². The lowest BCUT2D eigenvalue weighted by Gasteiger charge is -2.34. The number of amides is 2. The first-order valence-corrected chi connectivity index (χ1v) is 8.65. The number of aryl methyl sites for hydroxylation is 1. The van der Waals surface area contributed by atoms with Gasteiger partial charge in [0.25, 0.3) is 0 Å². The average Bonchev–Trinajstić information content (AvgIpc) is 2.67. The van der Waals surface area contributed by atoms with Crippen molar-refractivity contribution in [3.63, 3.8) is 0 Å². The van der Waals surface area contributed by atoms with Crippen LogP contribution in [0.15, 0.2) is 48.5 Å². The number of carbonyl (C=O) groups excluding carboxylic acids is 2. The van der Waals surface area contributed by atoms with Crippen molar-refractivity contribution in [1.82, 2.24) is 5.32 Å². The molecule has 1 heterocycles. The number of hydrogen-bond acceptors (Lipinski definition) is 4. The molecule has 0 bridgehead atoms. The molecular formula is C20H22N2O4. The van der Waals surface area contributed by atoms with E-state index in [1.807, 2.05) is 25.1 Å². The van der Waals surface area contributed by atoms with Crippen molar-refractivity contribution in [2.24, 2.45) is 0 Å². The Morgan fingerprint density at radius 3 is 2.65 bits per heavy atom. The number of carbonyl (C=O) groups is 2. The van der Waals surface area contributed by atoms with Crippen LogP contribution in [0.4, 0.5) is 5.69 Å². The molecule has 3 rings (SSSR count). The molecule has 1 aliphatic heterocycles. The van der Waals surface area contributed by atoms with Gasteiger partial charge in [-0.25, -0.2) is 0 Å². The number of aliphatic hydroxyl groups is 1. The van der Waals surface area contributed by atoms with Gasteiger partial charge in [0.05, 0.1) is 13.2 Å². The summed E-state index contributed by atoms with van der Waals surface area (Å²) in [5.74, 6) is -0.944. The lowest BCUT2D eigenvalue weighted by atomic mass is 9.88. The highest BCUT2D eigenvalue weighted by Gasteiger charge is 2.36. The molecule has 0 saturated carbocycles. The molecule has 2 aromatic rings. The van der Waals surface area contributed by atoms with Gasteiger partial charge in [-0.1, -0.05) is 43.3 Å². The summed E-state index contributed by atoms with van der Waals surface area (Å²) in [7, 11) is 0. The predicted molar refractivity (Wildman–Crippen MR) is 97.9 cm³/mol. The Hall–Kier alpha value is -2.86. The topological polar surface area (TPSA) is 87.7 Å². The summed E-state index contributed by atoms with van der Waals surface area (Å²) in [6, 6.07) is 14.5. The van der Waals surface area contributed by atoms with Gasteiger partial charge in [0.1, 0.15) is 11.4 Å². The maximum absolute atomic E-state index is 12.2. The van der Waals surface area contributed by atoms with Crippen LogP contribution in [0.2, 0.25) is 0 Å². The van der Waals surface area contributed by atoms with E-state index in [0.717, 1.165) is 12.0 Å². The van der Waals surface area contributed by atoms with Crippen LogP contribution >= 0.6 is 0 Å². The predicted octanol–water partition coefficient (Wildman–Crippen LogP) is 1.97. The van der Waals surface area contributed by atoms with Crippen LogP contribution in [-0.4, -0.2) is 30.1 Å². The second-order valence-electron chi connectivity index (χ2n) is 6.27. The van der Waals surface area contributed by atoms with Gasteiger partial charge in [-0.05, 0) is 24.1 Å². The Bertz CT molecular complexity index is 821. The van der Waals surface area contributed by atoms with Crippen molar-refractivity contribution >= 4 is 17.5 Å². The smallest absolute Gasteiger partial charge is 0.313 e. The molecule has 0 spiro atoms. The van der Waals surface area contributed by atoms with Gasteiger partial charge in [-0.3, -0.25) is 9.59 Å². The van der Waals surface area contributed by atoms with Gasteiger partial charge >= 0.3 is 11.8 Å². The number of anilines is 1. The molecule has 136 valence electrons. The monoisotopic (exact) mass is 354 g/mol. The largest absolute Gasteiger partial charge is 0.493 e. The molecular weight excluding hydrogens is 332 g/mol. The van der Waals surface area contributed by atoms with Gasteiger partial charge in [0.2, 0.25) is 0 Å². The van der Waals surface area contributed by atoms with Crippen LogP contribution in [0.1, 0.15) is 24.5 Å². The SMILES string of the molecule is CCc1ccccc1NC(=O)C(=O)NCC1(O)CCOc2ccccc21. The van der Waals surface area contributed by atoms with Gasteiger partial charge in [0.15, 0.2) is 0 Å². The summed E-state index contributed by atoms with van der Waals surface area (Å²) in [6.45, 7) is 2.26. The molecule has 6 heteroatoms. The fourth-order valence-electron chi connectivity index (χ4n) is 3.06. The number of rotatable bonds is 4. The van der Waals surface area contributed by atoms with E-state index in [0.29, 0.717) is 30.0 Å². The zero-order valence-corrected chi connectivity index (χ0v) is 14.6. The summed E-state index contributed by atoms with van der Waals surface area (Å²) < 4.78 is 5.53. The lowest BCUT2D eigenvalue weighted by molar-refractivity contribution is -0.137. The Labute approximate surface area is 152 Å². The molecule has 0 aliphatic carbocycles. The summed E-state index contributed by atoms with van der Waals surface area (Å²) in [6.07, 6.45) is 1.08. The van der Waals surface area contributed by atoms with Crippen LogP contribution in [0, 0.1) is 0 Å². The van der Waals surface area contributed by atoms with E-state index in [4.69, 9.17) is 4.74 Å². The molecule has 1 unspecified atom stereocenters. The average molecular weight is 354 g/mol. The maximum Gasteiger partial charge on any atom is 0.313 e. The van der Waals surface area contributed by atoms with Crippen molar-refractivity contribution in [2.75, 3.05) is 18.5 Å². The molecule has 0 fully saturated rings. The number of para-hydroxylation sites is 2. The van der Waals surface area contributed by atoms with Crippen molar-refractivity contribution in [1.29, 1.82) is 0 Å². The standard InChI is InChI=1S/C20H22N2O4/c1-2-14-7-3-5-9-16(14)22-19(24)18(23)21-13-20(25)11-12-26-17-10-6-4-8-15(17)20/h3-10,25H,2,11-13H2,1H3,(H,21,23)(H,22,24). The van der Waals surface area contributed by atoms with Crippen molar-refractivity contribution in [3.8, 4) is 5.75 Å².